The average molecular weight is 1100 g/mol. The predicted octanol–water partition coefficient (Wildman–Crippen LogP) is 15.7. The van der Waals surface area contributed by atoms with Crippen molar-refractivity contribution in [3.63, 3.8) is 0 Å². The molecule has 422 valence electrons. The number of carbonyl (C=O) groups is 1. The van der Waals surface area contributed by atoms with E-state index in [4.69, 9.17) is 28.9 Å². The molecule has 2 N–H and O–H groups in total. The maximum Gasteiger partial charge on any atom is 0.410 e. The molecular weight excluding hydrogens is 1010 g/mol. The Morgan fingerprint density at radius 3 is 2.25 bits per heavy atom. The molecule has 79 heavy (non-hydrogen) atoms. The molecule has 1 fully saturated rings. The second-order valence-electron chi connectivity index (χ2n) is 21.3. The van der Waals surface area contributed by atoms with Crippen molar-refractivity contribution in [3.8, 4) is 17.2 Å². The summed E-state index contributed by atoms with van der Waals surface area (Å²) in [5.74, 6) is -0.461. The van der Waals surface area contributed by atoms with E-state index in [1.807, 2.05) is 60.9 Å². The van der Waals surface area contributed by atoms with Crippen molar-refractivity contribution in [1.82, 2.24) is 4.90 Å². The number of hydrogen-bond donors (Lipinski definition) is 2. The third-order valence-electron chi connectivity index (χ3n) is 16.0. The van der Waals surface area contributed by atoms with Crippen LogP contribution in [0.3, 0.4) is 0 Å². The highest BCUT2D eigenvalue weighted by atomic mass is 32.2. The summed E-state index contributed by atoms with van der Waals surface area (Å²) in [6.45, 7) is 7.06. The summed E-state index contributed by atoms with van der Waals surface area (Å²) in [5, 5.41) is 38.9. The third-order valence-corrected chi connectivity index (χ3v) is 16.8. The fourth-order valence-electron chi connectivity index (χ4n) is 12.1. The van der Waals surface area contributed by atoms with E-state index in [0.29, 0.717) is 41.4 Å². The standard InChI is InChI=1S/C65H81N3O10S/c1-4-6-7-8-9-10-11-12-13-20-41-74-64(71)67(45-50-25-21-24-48-22-14-15-26-55(48)50)61-44-59(66-76-46-47-28-30-51(31-29-47)68(72)73)57-42-49(23-16-18-38-69)56(27-17-19-39-70)62-58-43-53(77-52-32-35-54(79-3)36-33-52)34-37-60(58)78-65(61,63(57)62)75-40-5-2/h5,14-15,21-22,24-26,28-37,42-43,49,56,61-63,69-70H,2,4,6-13,16-20,23,27,38-41,44-46H2,1,3H3. The quantitative estimate of drug-likeness (QED) is 0.0139. The first-order valence-corrected chi connectivity index (χ1v) is 30.1. The topological polar surface area (TPSA) is 162 Å². The molecule has 6 unspecified atom stereocenters. The molecule has 0 radical (unpaired) electrons. The van der Waals surface area contributed by atoms with E-state index in [0.717, 1.165) is 83.7 Å². The molecule has 0 saturated heterocycles. The number of amides is 1. The van der Waals surface area contributed by atoms with Crippen molar-refractivity contribution in [1.29, 1.82) is 0 Å². The van der Waals surface area contributed by atoms with Crippen molar-refractivity contribution < 1.29 is 43.7 Å². The van der Waals surface area contributed by atoms with Crippen LogP contribution < -0.4 is 9.47 Å². The van der Waals surface area contributed by atoms with Gasteiger partial charge in [0.1, 0.15) is 29.9 Å². The van der Waals surface area contributed by atoms with Crippen LogP contribution in [0.5, 0.6) is 17.2 Å². The minimum Gasteiger partial charge on any atom is -0.459 e. The Morgan fingerprint density at radius 2 is 1.54 bits per heavy atom. The number of nitrogens with zero attached hydrogens (tertiary/aromatic N) is 3. The number of carbonyl (C=O) groups excluding carboxylic acids is 1. The van der Waals surface area contributed by atoms with Crippen molar-refractivity contribution >= 4 is 40.0 Å². The van der Waals surface area contributed by atoms with Gasteiger partial charge in [0, 0.05) is 48.1 Å². The van der Waals surface area contributed by atoms with E-state index in [1.54, 1.807) is 34.9 Å². The van der Waals surface area contributed by atoms with Gasteiger partial charge in [0.05, 0.1) is 36.3 Å². The molecule has 0 aromatic heterocycles. The normalized spacial score (nSPS) is 20.6. The zero-order chi connectivity index (χ0) is 55.4. The van der Waals surface area contributed by atoms with Crippen molar-refractivity contribution in [2.45, 2.75) is 152 Å². The number of ether oxygens (including phenoxy) is 4. The summed E-state index contributed by atoms with van der Waals surface area (Å²) in [6, 6.07) is 33.7. The smallest absolute Gasteiger partial charge is 0.410 e. The molecule has 1 aliphatic heterocycles. The first-order chi connectivity index (χ1) is 38.7. The number of nitro groups is 1. The summed E-state index contributed by atoms with van der Waals surface area (Å²) >= 11 is 1.66. The Bertz CT molecular complexity index is 2820. The minimum absolute atomic E-state index is 0.00226. The molecule has 8 rings (SSSR count). The number of aliphatic hydroxyl groups excluding tert-OH is 2. The maximum atomic E-state index is 15.5. The highest BCUT2D eigenvalue weighted by Gasteiger charge is 2.66. The van der Waals surface area contributed by atoms with E-state index in [2.05, 4.69) is 49.9 Å². The van der Waals surface area contributed by atoms with Gasteiger partial charge in [0.25, 0.3) is 5.69 Å². The highest BCUT2D eigenvalue weighted by molar-refractivity contribution is 7.98. The Kier molecular flexibility index (Phi) is 22.3. The number of thioether (sulfide) groups is 1. The summed E-state index contributed by atoms with van der Waals surface area (Å²) in [4.78, 5) is 35.9. The number of fused-ring (bicyclic) bond motifs is 3. The molecule has 5 aromatic carbocycles. The second-order valence-corrected chi connectivity index (χ2v) is 22.2. The van der Waals surface area contributed by atoms with E-state index < -0.39 is 28.8 Å². The second kappa shape index (κ2) is 29.9. The van der Waals surface area contributed by atoms with Gasteiger partial charge in [-0.05, 0) is 132 Å². The molecule has 0 spiro atoms. The number of aliphatic hydroxyl groups is 2. The number of non-ortho nitro benzene ring substituents is 1. The fourth-order valence-corrected chi connectivity index (χ4v) is 12.5. The van der Waals surface area contributed by atoms with Crippen molar-refractivity contribution in [3.05, 3.63) is 160 Å². The van der Waals surface area contributed by atoms with Gasteiger partial charge in [-0.15, -0.1) is 18.3 Å². The number of allylic oxidation sites excluding steroid dienone is 1. The molecular formula is C65H81N3O10S. The zero-order valence-corrected chi connectivity index (χ0v) is 47.1. The molecule has 1 amide bonds. The Labute approximate surface area is 471 Å². The van der Waals surface area contributed by atoms with Crippen LogP contribution in [0.4, 0.5) is 10.5 Å². The number of rotatable bonds is 32. The first-order valence-electron chi connectivity index (χ1n) is 28.9. The van der Waals surface area contributed by atoms with Crippen LogP contribution in [0.25, 0.3) is 10.8 Å². The van der Waals surface area contributed by atoms with E-state index in [1.165, 1.54) is 50.7 Å². The SMILES string of the molecule is C=CCOC12Oc3ccc(Oc4ccc(SC)cc4)cc3C3C(CCCCO)C(CCCCO)C=C(C(=NOCc4ccc([N+](=O)[O-])cc4)CC1N(Cc1cccc4ccccc14)C(=O)OCCCCCCCCCCCC)C32. The number of unbranched alkanes of at least 4 members (excludes halogenated alkanes) is 11. The third kappa shape index (κ3) is 15.0. The lowest BCUT2D eigenvalue weighted by Gasteiger charge is -2.59. The van der Waals surface area contributed by atoms with Crippen molar-refractivity contribution in [2.24, 2.45) is 22.9 Å². The van der Waals surface area contributed by atoms with E-state index >= 15 is 4.79 Å². The van der Waals surface area contributed by atoms with E-state index in [9.17, 15) is 20.3 Å². The summed E-state index contributed by atoms with van der Waals surface area (Å²) in [6.07, 6.45) is 21.6. The summed E-state index contributed by atoms with van der Waals surface area (Å²) < 4.78 is 28.0. The number of benzene rings is 5. The summed E-state index contributed by atoms with van der Waals surface area (Å²) in [5.41, 5.74) is 4.05. The lowest BCUT2D eigenvalue weighted by Crippen LogP contribution is -2.70. The lowest BCUT2D eigenvalue weighted by atomic mass is 9.55. The van der Waals surface area contributed by atoms with Gasteiger partial charge in [-0.25, -0.2) is 4.79 Å². The van der Waals surface area contributed by atoms with E-state index in [-0.39, 0.29) is 69.4 Å². The molecule has 1 heterocycles. The molecule has 5 aromatic rings. The molecule has 3 aliphatic rings. The van der Waals surface area contributed by atoms with Gasteiger partial charge in [-0.2, -0.15) is 0 Å². The fraction of sp³-hybridized carbons (Fsp3) is 0.477. The Morgan fingerprint density at radius 1 is 0.848 bits per heavy atom. The van der Waals surface area contributed by atoms with Gasteiger partial charge in [-0.1, -0.05) is 137 Å². The van der Waals surface area contributed by atoms with Crippen LogP contribution in [0.1, 0.15) is 139 Å². The first kappa shape index (κ1) is 58.9. The Hall–Kier alpha value is -6.19. The maximum absolute atomic E-state index is 15.5. The summed E-state index contributed by atoms with van der Waals surface area (Å²) in [7, 11) is 0. The minimum atomic E-state index is -1.53. The van der Waals surface area contributed by atoms with Crippen LogP contribution in [0.2, 0.25) is 0 Å². The van der Waals surface area contributed by atoms with Crippen LogP contribution in [-0.4, -0.2) is 76.4 Å². The number of hydrogen-bond acceptors (Lipinski definition) is 12. The molecule has 1 saturated carbocycles. The monoisotopic (exact) mass is 1100 g/mol. The molecule has 13 nitrogen and oxygen atoms in total. The van der Waals surface area contributed by atoms with Gasteiger partial charge in [0.15, 0.2) is 0 Å². The van der Waals surface area contributed by atoms with Gasteiger partial charge in [0.2, 0.25) is 5.79 Å². The Balaban J connectivity index is 1.26. The largest absolute Gasteiger partial charge is 0.459 e. The van der Waals surface area contributed by atoms with Gasteiger partial charge < -0.3 is 34.0 Å². The molecule has 0 bridgehead atoms. The van der Waals surface area contributed by atoms with Gasteiger partial charge >= 0.3 is 6.09 Å². The number of oxime groups is 1. The molecule has 14 heteroatoms. The molecule has 2 aliphatic carbocycles. The van der Waals surface area contributed by atoms with Crippen LogP contribution >= 0.6 is 11.8 Å². The zero-order valence-electron chi connectivity index (χ0n) is 46.3. The van der Waals surface area contributed by atoms with Crippen LogP contribution in [0.15, 0.2) is 144 Å². The lowest BCUT2D eigenvalue weighted by molar-refractivity contribution is -0.384. The van der Waals surface area contributed by atoms with Crippen molar-refractivity contribution in [2.75, 3.05) is 32.7 Å². The predicted molar refractivity (Wildman–Crippen MR) is 314 cm³/mol. The van der Waals surface area contributed by atoms with Gasteiger partial charge in [-0.3, -0.25) is 15.0 Å². The average Bonchev–Trinajstić information content (AvgIpc) is 3.28. The van der Waals surface area contributed by atoms with Crippen LogP contribution in [-0.2, 0) is 27.5 Å². The highest BCUT2D eigenvalue weighted by Crippen LogP contribution is 2.62. The van der Waals surface area contributed by atoms with Crippen LogP contribution in [0, 0.1) is 27.9 Å². The number of nitro benzene ring substituents is 1. The molecule has 6 atom stereocenters.